The van der Waals surface area contributed by atoms with Crippen LogP contribution >= 0.6 is 11.6 Å². The van der Waals surface area contributed by atoms with Gasteiger partial charge in [0.2, 0.25) is 5.91 Å². The number of carbonyl (C=O) groups is 1. The number of benzene rings is 1. The van der Waals surface area contributed by atoms with E-state index >= 15 is 0 Å². The highest BCUT2D eigenvalue weighted by molar-refractivity contribution is 6.30. The second-order valence-electron chi connectivity index (χ2n) is 6.64. The molecule has 2 aliphatic rings. The second kappa shape index (κ2) is 7.65. The van der Waals surface area contributed by atoms with Crippen molar-refractivity contribution in [3.63, 3.8) is 0 Å². The number of carbonyl (C=O) groups excluding carboxylic acids is 1. The lowest BCUT2D eigenvalue weighted by molar-refractivity contribution is -0.136. The van der Waals surface area contributed by atoms with Crippen molar-refractivity contribution in [1.82, 2.24) is 9.80 Å². The van der Waals surface area contributed by atoms with Gasteiger partial charge in [-0.25, -0.2) is 0 Å². The van der Waals surface area contributed by atoms with E-state index in [-0.39, 0.29) is 0 Å². The zero-order chi connectivity index (χ0) is 16.2. The molecule has 23 heavy (non-hydrogen) atoms. The Balaban J connectivity index is 1.49. The Bertz CT molecular complexity index is 526. The summed E-state index contributed by atoms with van der Waals surface area (Å²) in [4.78, 5) is 16.4. The molecule has 0 saturated carbocycles. The second-order valence-corrected chi connectivity index (χ2v) is 7.08. The molecule has 1 aromatic carbocycles. The Kier molecular flexibility index (Phi) is 5.57. The number of halogens is 1. The van der Waals surface area contributed by atoms with Gasteiger partial charge in [0.05, 0.1) is 6.10 Å². The predicted molar refractivity (Wildman–Crippen MR) is 91.4 cm³/mol. The first-order chi connectivity index (χ1) is 11.1. The van der Waals surface area contributed by atoms with E-state index in [0.717, 1.165) is 57.3 Å². The van der Waals surface area contributed by atoms with Crippen LogP contribution in [0.3, 0.4) is 0 Å². The van der Waals surface area contributed by atoms with E-state index in [1.54, 1.807) is 0 Å². The molecule has 0 aliphatic carbocycles. The lowest BCUT2D eigenvalue weighted by atomic mass is 9.99. The number of hydrogen-bond donors (Lipinski definition) is 1. The van der Waals surface area contributed by atoms with Crippen LogP contribution in [-0.2, 0) is 4.79 Å². The molecule has 1 atom stereocenters. The van der Waals surface area contributed by atoms with Gasteiger partial charge < -0.3 is 14.9 Å². The van der Waals surface area contributed by atoms with Gasteiger partial charge in [0.25, 0.3) is 0 Å². The van der Waals surface area contributed by atoms with Crippen LogP contribution in [0, 0.1) is 0 Å². The molecule has 0 aromatic heterocycles. The molecule has 5 heteroatoms. The van der Waals surface area contributed by atoms with Crippen LogP contribution < -0.4 is 0 Å². The quantitative estimate of drug-likeness (QED) is 0.919. The summed E-state index contributed by atoms with van der Waals surface area (Å²) in [6.45, 7) is 3.46. The molecule has 0 spiro atoms. The third kappa shape index (κ3) is 4.25. The summed E-state index contributed by atoms with van der Waals surface area (Å²) >= 11 is 5.89. The summed E-state index contributed by atoms with van der Waals surface area (Å²) in [6.07, 6.45) is 4.44. The number of β-amino-alcohol motifs (C(OH)–C–C–N with tert-alkyl or cyclic N) is 1. The number of aliphatic hydroxyl groups excluding tert-OH is 1. The largest absolute Gasteiger partial charge is 0.387 e. The third-order valence-corrected chi connectivity index (χ3v) is 5.30. The minimum Gasteiger partial charge on any atom is -0.387 e. The lowest BCUT2D eigenvalue weighted by Gasteiger charge is -2.40. The van der Waals surface area contributed by atoms with Crippen LogP contribution in [0.25, 0.3) is 0 Å². The molecular formula is C18H25ClN2O2. The molecule has 2 saturated heterocycles. The molecule has 2 aliphatic heterocycles. The Morgan fingerprint density at radius 3 is 2.48 bits per heavy atom. The standard InChI is InChI=1S/C18H25ClN2O2/c19-15-6-4-14(5-7-15)17(22)13-20-11-8-16(9-12-20)21-10-2-1-3-18(21)23/h4-7,16-17,22H,1-3,8-13H2. The molecule has 1 N–H and O–H groups in total. The average Bonchev–Trinajstić information content (AvgIpc) is 2.57. The Labute approximate surface area is 143 Å². The van der Waals surface area contributed by atoms with E-state index in [0.29, 0.717) is 23.5 Å². The minimum absolute atomic E-state index is 0.330. The van der Waals surface area contributed by atoms with E-state index in [9.17, 15) is 9.90 Å². The molecule has 2 heterocycles. The smallest absolute Gasteiger partial charge is 0.222 e. The zero-order valence-corrected chi connectivity index (χ0v) is 14.2. The van der Waals surface area contributed by atoms with Crippen molar-refractivity contribution in [2.45, 2.75) is 44.2 Å². The molecule has 0 radical (unpaired) electrons. The van der Waals surface area contributed by atoms with Gasteiger partial charge in [-0.15, -0.1) is 0 Å². The van der Waals surface area contributed by atoms with Gasteiger partial charge in [0, 0.05) is 43.7 Å². The third-order valence-electron chi connectivity index (χ3n) is 5.04. The van der Waals surface area contributed by atoms with Crippen LogP contribution in [0.5, 0.6) is 0 Å². The van der Waals surface area contributed by atoms with Crippen LogP contribution in [0.15, 0.2) is 24.3 Å². The van der Waals surface area contributed by atoms with Gasteiger partial charge in [-0.1, -0.05) is 23.7 Å². The molecule has 126 valence electrons. The summed E-state index contributed by atoms with van der Waals surface area (Å²) in [6, 6.07) is 7.78. The maximum Gasteiger partial charge on any atom is 0.222 e. The van der Waals surface area contributed by atoms with Crippen molar-refractivity contribution in [1.29, 1.82) is 0 Å². The van der Waals surface area contributed by atoms with Gasteiger partial charge >= 0.3 is 0 Å². The molecule has 4 nitrogen and oxygen atoms in total. The van der Waals surface area contributed by atoms with E-state index in [2.05, 4.69) is 9.80 Å². The van der Waals surface area contributed by atoms with E-state index < -0.39 is 6.10 Å². The Morgan fingerprint density at radius 1 is 1.13 bits per heavy atom. The number of nitrogens with zero attached hydrogens (tertiary/aromatic N) is 2. The first-order valence-electron chi connectivity index (χ1n) is 8.59. The lowest BCUT2D eigenvalue weighted by Crippen LogP contribution is -2.49. The topological polar surface area (TPSA) is 43.8 Å². The van der Waals surface area contributed by atoms with Crippen LogP contribution in [0.2, 0.25) is 5.02 Å². The fourth-order valence-corrected chi connectivity index (χ4v) is 3.79. The number of hydrogen-bond acceptors (Lipinski definition) is 3. The Morgan fingerprint density at radius 2 is 1.83 bits per heavy atom. The van der Waals surface area contributed by atoms with Crippen molar-refractivity contribution in [2.75, 3.05) is 26.2 Å². The van der Waals surface area contributed by atoms with E-state index in [1.165, 1.54) is 0 Å². The summed E-state index contributed by atoms with van der Waals surface area (Å²) in [7, 11) is 0. The van der Waals surface area contributed by atoms with Gasteiger partial charge in [-0.2, -0.15) is 0 Å². The number of amides is 1. The summed E-state index contributed by atoms with van der Waals surface area (Å²) < 4.78 is 0. The Hall–Kier alpha value is -1.10. The van der Waals surface area contributed by atoms with Crippen molar-refractivity contribution < 1.29 is 9.90 Å². The summed E-state index contributed by atoms with van der Waals surface area (Å²) in [5, 5.41) is 11.1. The SMILES string of the molecule is O=C1CCCCN1C1CCN(CC(O)c2ccc(Cl)cc2)CC1. The number of likely N-dealkylation sites (tertiary alicyclic amines) is 2. The van der Waals surface area contributed by atoms with Gasteiger partial charge in [0.1, 0.15) is 0 Å². The van der Waals surface area contributed by atoms with E-state index in [4.69, 9.17) is 11.6 Å². The minimum atomic E-state index is -0.486. The normalized spacial score (nSPS) is 22.3. The maximum atomic E-state index is 12.0. The molecule has 1 unspecified atom stereocenters. The van der Waals surface area contributed by atoms with Crippen molar-refractivity contribution in [3.8, 4) is 0 Å². The monoisotopic (exact) mass is 336 g/mol. The van der Waals surface area contributed by atoms with Gasteiger partial charge in [-0.3, -0.25) is 4.79 Å². The molecule has 0 bridgehead atoms. The van der Waals surface area contributed by atoms with Crippen LogP contribution in [-0.4, -0.2) is 53.0 Å². The number of rotatable bonds is 4. The first-order valence-corrected chi connectivity index (χ1v) is 8.96. The van der Waals surface area contributed by atoms with Crippen molar-refractivity contribution >= 4 is 17.5 Å². The van der Waals surface area contributed by atoms with Crippen molar-refractivity contribution in [2.24, 2.45) is 0 Å². The highest BCUT2D eigenvalue weighted by Gasteiger charge is 2.29. The molecule has 1 amide bonds. The summed E-state index contributed by atoms with van der Waals surface area (Å²) in [5.74, 6) is 0.330. The van der Waals surface area contributed by atoms with Crippen LogP contribution in [0.4, 0.5) is 0 Å². The molecule has 3 rings (SSSR count). The van der Waals surface area contributed by atoms with Gasteiger partial charge in [0.15, 0.2) is 0 Å². The molecule has 1 aromatic rings. The first kappa shape index (κ1) is 16.7. The highest BCUT2D eigenvalue weighted by atomic mass is 35.5. The number of aliphatic hydroxyl groups is 1. The summed E-state index contributed by atoms with van der Waals surface area (Å²) in [5.41, 5.74) is 0.905. The average molecular weight is 337 g/mol. The number of piperidine rings is 2. The van der Waals surface area contributed by atoms with E-state index in [1.807, 2.05) is 24.3 Å². The fraction of sp³-hybridized carbons (Fsp3) is 0.611. The maximum absolute atomic E-state index is 12.0. The highest BCUT2D eigenvalue weighted by Crippen LogP contribution is 2.24. The predicted octanol–water partition coefficient (Wildman–Crippen LogP) is 2.85. The van der Waals surface area contributed by atoms with Crippen LogP contribution in [0.1, 0.15) is 43.8 Å². The zero-order valence-electron chi connectivity index (χ0n) is 13.5. The molecule has 2 fully saturated rings. The fourth-order valence-electron chi connectivity index (χ4n) is 3.66. The molecular weight excluding hydrogens is 312 g/mol. The van der Waals surface area contributed by atoms with Gasteiger partial charge in [-0.05, 0) is 43.4 Å². The van der Waals surface area contributed by atoms with Crippen molar-refractivity contribution in [3.05, 3.63) is 34.9 Å².